The largest absolute Gasteiger partial charge is 0.480 e. The number of likely N-dealkylation sites (tertiary alicyclic amines) is 1. The van der Waals surface area contributed by atoms with Gasteiger partial charge >= 0.3 is 12.0 Å². The summed E-state index contributed by atoms with van der Waals surface area (Å²) in [5, 5.41) is 11.3. The van der Waals surface area contributed by atoms with Crippen LogP contribution >= 0.6 is 0 Å². The maximum Gasteiger partial charge on any atom is 0.326 e. The number of hydrogen-bond donors (Lipinski definition) is 3. The van der Waals surface area contributed by atoms with Crippen molar-refractivity contribution < 1.29 is 19.5 Å². The average molecular weight is 271 g/mol. The Bertz CT molecular complexity index is 362. The first-order valence-electron chi connectivity index (χ1n) is 6.43. The lowest BCUT2D eigenvalue weighted by molar-refractivity contribution is -0.141. The average Bonchev–Trinajstić information content (AvgIpc) is 2.27. The number of carbonyl (C=O) groups excluding carboxylic acids is 2. The SMILES string of the molecule is C[C@@H]1CCC[C@H](C)N1C(=O)NC(CC(N)=O)C(=O)O. The number of amides is 3. The summed E-state index contributed by atoms with van der Waals surface area (Å²) in [6, 6.07) is -1.60. The molecule has 1 heterocycles. The highest BCUT2D eigenvalue weighted by atomic mass is 16.4. The summed E-state index contributed by atoms with van der Waals surface area (Å²) in [6.45, 7) is 3.86. The molecule has 0 bridgehead atoms. The number of urea groups is 1. The zero-order valence-electron chi connectivity index (χ0n) is 11.3. The van der Waals surface area contributed by atoms with Gasteiger partial charge in [0.15, 0.2) is 0 Å². The maximum atomic E-state index is 12.1. The van der Waals surface area contributed by atoms with Crippen molar-refractivity contribution in [2.75, 3.05) is 0 Å². The van der Waals surface area contributed by atoms with Crippen LogP contribution in [-0.4, -0.2) is 46.0 Å². The Labute approximate surface area is 112 Å². The molecular weight excluding hydrogens is 250 g/mol. The van der Waals surface area contributed by atoms with Crippen molar-refractivity contribution >= 4 is 17.9 Å². The molecule has 1 rings (SSSR count). The van der Waals surface area contributed by atoms with Crippen molar-refractivity contribution in [3.05, 3.63) is 0 Å². The summed E-state index contributed by atoms with van der Waals surface area (Å²) < 4.78 is 0. The minimum atomic E-state index is -1.27. The van der Waals surface area contributed by atoms with Gasteiger partial charge in [-0.2, -0.15) is 0 Å². The molecule has 0 radical (unpaired) electrons. The predicted molar refractivity (Wildman–Crippen MR) is 68.4 cm³/mol. The van der Waals surface area contributed by atoms with Crippen LogP contribution in [0, 0.1) is 0 Å². The highest BCUT2D eigenvalue weighted by molar-refractivity contribution is 5.87. The summed E-state index contributed by atoms with van der Waals surface area (Å²) >= 11 is 0. The summed E-state index contributed by atoms with van der Waals surface area (Å²) in [5.74, 6) is -2.02. The van der Waals surface area contributed by atoms with Gasteiger partial charge in [0, 0.05) is 12.1 Å². The van der Waals surface area contributed by atoms with E-state index in [9.17, 15) is 14.4 Å². The molecule has 0 spiro atoms. The Balaban J connectivity index is 2.70. The second kappa shape index (κ2) is 6.40. The third-order valence-corrected chi connectivity index (χ3v) is 3.43. The van der Waals surface area contributed by atoms with Gasteiger partial charge in [-0.05, 0) is 33.1 Å². The highest BCUT2D eigenvalue weighted by Gasteiger charge is 2.31. The number of hydrogen-bond acceptors (Lipinski definition) is 3. The van der Waals surface area contributed by atoms with E-state index in [0.29, 0.717) is 0 Å². The molecule has 3 atom stereocenters. The summed E-state index contributed by atoms with van der Waals surface area (Å²) in [4.78, 5) is 35.5. The zero-order valence-corrected chi connectivity index (χ0v) is 11.3. The van der Waals surface area contributed by atoms with E-state index in [4.69, 9.17) is 10.8 Å². The zero-order chi connectivity index (χ0) is 14.6. The molecule has 0 saturated carbocycles. The molecule has 1 aliphatic heterocycles. The van der Waals surface area contributed by atoms with E-state index in [-0.39, 0.29) is 12.1 Å². The van der Waals surface area contributed by atoms with E-state index in [1.165, 1.54) is 0 Å². The van der Waals surface area contributed by atoms with Crippen LogP contribution in [0.4, 0.5) is 4.79 Å². The molecule has 7 heteroatoms. The van der Waals surface area contributed by atoms with Crippen LogP contribution in [0.25, 0.3) is 0 Å². The molecule has 0 aromatic rings. The Morgan fingerprint density at radius 1 is 1.32 bits per heavy atom. The van der Waals surface area contributed by atoms with Crippen LogP contribution in [-0.2, 0) is 9.59 Å². The fraction of sp³-hybridized carbons (Fsp3) is 0.750. The highest BCUT2D eigenvalue weighted by Crippen LogP contribution is 2.22. The van der Waals surface area contributed by atoms with Gasteiger partial charge in [-0.1, -0.05) is 0 Å². The number of carboxylic acid groups (broad SMARTS) is 1. The quantitative estimate of drug-likeness (QED) is 0.682. The number of primary amides is 1. The molecule has 0 aromatic carbocycles. The van der Waals surface area contributed by atoms with Gasteiger partial charge in [-0.15, -0.1) is 0 Å². The van der Waals surface area contributed by atoms with E-state index in [0.717, 1.165) is 19.3 Å². The third-order valence-electron chi connectivity index (χ3n) is 3.43. The van der Waals surface area contributed by atoms with Crippen LogP contribution in [0.1, 0.15) is 39.5 Å². The molecule has 3 amide bonds. The fourth-order valence-corrected chi connectivity index (χ4v) is 2.45. The Kier molecular flexibility index (Phi) is 5.14. The lowest BCUT2D eigenvalue weighted by Gasteiger charge is -2.39. The number of piperidine rings is 1. The van der Waals surface area contributed by atoms with Gasteiger partial charge in [0.1, 0.15) is 6.04 Å². The number of aliphatic carboxylic acids is 1. The van der Waals surface area contributed by atoms with E-state index < -0.39 is 30.4 Å². The maximum absolute atomic E-state index is 12.1. The van der Waals surface area contributed by atoms with Gasteiger partial charge < -0.3 is 21.1 Å². The molecule has 1 fully saturated rings. The van der Waals surface area contributed by atoms with Crippen molar-refractivity contribution in [2.24, 2.45) is 5.73 Å². The number of nitrogens with two attached hydrogens (primary N) is 1. The van der Waals surface area contributed by atoms with Gasteiger partial charge in [-0.25, -0.2) is 9.59 Å². The van der Waals surface area contributed by atoms with Crippen LogP contribution < -0.4 is 11.1 Å². The lowest BCUT2D eigenvalue weighted by atomic mass is 9.98. The number of carbonyl (C=O) groups is 3. The van der Waals surface area contributed by atoms with Crippen molar-refractivity contribution in [3.8, 4) is 0 Å². The predicted octanol–water partition coefficient (Wildman–Crippen LogP) is 0.288. The van der Waals surface area contributed by atoms with Gasteiger partial charge in [0.25, 0.3) is 0 Å². The first-order valence-corrected chi connectivity index (χ1v) is 6.43. The molecule has 1 aliphatic rings. The van der Waals surface area contributed by atoms with Crippen LogP contribution in [0.5, 0.6) is 0 Å². The number of carboxylic acids is 1. The third kappa shape index (κ3) is 4.11. The van der Waals surface area contributed by atoms with E-state index in [2.05, 4.69) is 5.32 Å². The summed E-state index contributed by atoms with van der Waals surface area (Å²) in [6.07, 6.45) is 2.43. The molecule has 4 N–H and O–H groups in total. The second-order valence-corrected chi connectivity index (χ2v) is 5.05. The summed E-state index contributed by atoms with van der Waals surface area (Å²) in [5.41, 5.74) is 4.97. The minimum absolute atomic E-state index is 0.0618. The van der Waals surface area contributed by atoms with Gasteiger partial charge in [0.2, 0.25) is 5.91 Å². The smallest absolute Gasteiger partial charge is 0.326 e. The first kappa shape index (κ1) is 15.3. The van der Waals surface area contributed by atoms with E-state index >= 15 is 0 Å². The molecule has 0 aliphatic carbocycles. The number of rotatable bonds is 4. The number of nitrogens with one attached hydrogen (secondary N) is 1. The van der Waals surface area contributed by atoms with Gasteiger partial charge in [-0.3, -0.25) is 4.79 Å². The van der Waals surface area contributed by atoms with Gasteiger partial charge in [0.05, 0.1) is 6.42 Å². The first-order chi connectivity index (χ1) is 8.82. The van der Waals surface area contributed by atoms with Crippen LogP contribution in [0.15, 0.2) is 0 Å². The molecule has 108 valence electrons. The lowest BCUT2D eigenvalue weighted by Crippen LogP contribution is -2.55. The van der Waals surface area contributed by atoms with Crippen molar-refractivity contribution in [3.63, 3.8) is 0 Å². The van der Waals surface area contributed by atoms with E-state index in [1.54, 1.807) is 4.90 Å². The topological polar surface area (TPSA) is 113 Å². The molecule has 19 heavy (non-hydrogen) atoms. The molecular formula is C12H21N3O4. The number of nitrogens with zero attached hydrogens (tertiary/aromatic N) is 1. The molecule has 1 unspecified atom stereocenters. The molecule has 7 nitrogen and oxygen atoms in total. The summed E-state index contributed by atoms with van der Waals surface area (Å²) in [7, 11) is 0. The fourth-order valence-electron chi connectivity index (χ4n) is 2.45. The monoisotopic (exact) mass is 271 g/mol. The molecule has 1 saturated heterocycles. The normalized spacial score (nSPS) is 24.6. The Hall–Kier alpha value is -1.79. The van der Waals surface area contributed by atoms with Crippen molar-refractivity contribution in [1.82, 2.24) is 10.2 Å². The van der Waals surface area contributed by atoms with E-state index in [1.807, 2.05) is 13.8 Å². The van der Waals surface area contributed by atoms with Crippen LogP contribution in [0.2, 0.25) is 0 Å². The van der Waals surface area contributed by atoms with Crippen LogP contribution in [0.3, 0.4) is 0 Å². The minimum Gasteiger partial charge on any atom is -0.480 e. The molecule has 0 aromatic heterocycles. The van der Waals surface area contributed by atoms with Crippen molar-refractivity contribution in [1.29, 1.82) is 0 Å². The Morgan fingerprint density at radius 3 is 2.26 bits per heavy atom. The second-order valence-electron chi connectivity index (χ2n) is 5.05. The Morgan fingerprint density at radius 2 is 1.84 bits per heavy atom. The standard InChI is InChI=1S/C12H21N3O4/c1-7-4-3-5-8(2)15(7)12(19)14-9(11(17)18)6-10(13)16/h7-9H,3-6H2,1-2H3,(H2,13,16)(H,14,19)(H,17,18)/t7-,8+,9?. The van der Waals surface area contributed by atoms with Crippen molar-refractivity contribution in [2.45, 2.75) is 57.7 Å².